The second-order valence-electron chi connectivity index (χ2n) is 4.18. The van der Waals surface area contributed by atoms with E-state index in [0.29, 0.717) is 5.56 Å². The van der Waals surface area contributed by atoms with E-state index in [1.54, 1.807) is 0 Å². The summed E-state index contributed by atoms with van der Waals surface area (Å²) < 4.78 is 13.1. The van der Waals surface area contributed by atoms with Crippen LogP contribution in [0.3, 0.4) is 0 Å². The SMILES string of the molecule is N[C@@H](c1cc(F)ccc1[N+](=O)[O-])C1CCC1. The molecule has 1 fully saturated rings. The highest BCUT2D eigenvalue weighted by molar-refractivity contribution is 5.42. The molecule has 0 saturated heterocycles. The third-order valence-corrected chi connectivity index (χ3v) is 3.20. The fourth-order valence-corrected chi connectivity index (χ4v) is 2.01. The Labute approximate surface area is 92.4 Å². The van der Waals surface area contributed by atoms with E-state index in [1.165, 1.54) is 12.1 Å². The van der Waals surface area contributed by atoms with Gasteiger partial charge in [0, 0.05) is 17.7 Å². The summed E-state index contributed by atoms with van der Waals surface area (Å²) in [7, 11) is 0. The van der Waals surface area contributed by atoms with Crippen molar-refractivity contribution < 1.29 is 9.31 Å². The molecule has 1 aromatic carbocycles. The minimum absolute atomic E-state index is 0.0826. The lowest BCUT2D eigenvalue weighted by molar-refractivity contribution is -0.385. The summed E-state index contributed by atoms with van der Waals surface area (Å²) in [6.07, 6.45) is 3.03. The van der Waals surface area contributed by atoms with Crippen molar-refractivity contribution in [3.8, 4) is 0 Å². The van der Waals surface area contributed by atoms with Crippen LogP contribution in [0.1, 0.15) is 30.9 Å². The molecular weight excluding hydrogens is 211 g/mol. The van der Waals surface area contributed by atoms with Crippen molar-refractivity contribution in [3.05, 3.63) is 39.7 Å². The first-order valence-electron chi connectivity index (χ1n) is 5.29. The Morgan fingerprint density at radius 3 is 2.69 bits per heavy atom. The quantitative estimate of drug-likeness (QED) is 0.633. The van der Waals surface area contributed by atoms with E-state index in [4.69, 9.17) is 5.73 Å². The van der Waals surface area contributed by atoms with Crippen molar-refractivity contribution >= 4 is 5.69 Å². The number of benzene rings is 1. The maximum atomic E-state index is 13.1. The van der Waals surface area contributed by atoms with Crippen LogP contribution in [0.25, 0.3) is 0 Å². The molecule has 2 N–H and O–H groups in total. The lowest BCUT2D eigenvalue weighted by Gasteiger charge is -2.31. The first kappa shape index (κ1) is 11.0. The van der Waals surface area contributed by atoms with E-state index in [2.05, 4.69) is 0 Å². The van der Waals surface area contributed by atoms with Gasteiger partial charge in [-0.05, 0) is 30.9 Å². The number of halogens is 1. The zero-order valence-electron chi connectivity index (χ0n) is 8.73. The summed E-state index contributed by atoms with van der Waals surface area (Å²) in [4.78, 5) is 10.3. The molecule has 1 aliphatic carbocycles. The molecule has 0 aliphatic heterocycles. The van der Waals surface area contributed by atoms with Crippen LogP contribution in [-0.2, 0) is 0 Å². The molecule has 1 saturated carbocycles. The summed E-state index contributed by atoms with van der Waals surface area (Å²) in [5.74, 6) is -0.226. The Morgan fingerprint density at radius 1 is 1.50 bits per heavy atom. The minimum atomic E-state index is -0.507. The summed E-state index contributed by atoms with van der Waals surface area (Å²) in [6, 6.07) is 3.03. The van der Waals surface area contributed by atoms with E-state index in [9.17, 15) is 14.5 Å². The highest BCUT2D eigenvalue weighted by Gasteiger charge is 2.30. The third kappa shape index (κ3) is 1.90. The van der Waals surface area contributed by atoms with Gasteiger partial charge in [-0.3, -0.25) is 10.1 Å². The van der Waals surface area contributed by atoms with Crippen molar-refractivity contribution in [2.75, 3.05) is 0 Å². The number of nitrogens with zero attached hydrogens (tertiary/aromatic N) is 1. The number of rotatable bonds is 3. The van der Waals surface area contributed by atoms with Gasteiger partial charge in [-0.2, -0.15) is 0 Å². The first-order valence-corrected chi connectivity index (χ1v) is 5.29. The molecule has 0 spiro atoms. The van der Waals surface area contributed by atoms with Crippen LogP contribution in [0.15, 0.2) is 18.2 Å². The second-order valence-corrected chi connectivity index (χ2v) is 4.18. The maximum Gasteiger partial charge on any atom is 0.274 e. The molecule has 0 radical (unpaired) electrons. The number of nitro benzene ring substituents is 1. The van der Waals surface area contributed by atoms with Gasteiger partial charge in [-0.15, -0.1) is 0 Å². The predicted molar refractivity (Wildman–Crippen MR) is 57.3 cm³/mol. The normalized spacial score (nSPS) is 17.9. The zero-order chi connectivity index (χ0) is 11.7. The minimum Gasteiger partial charge on any atom is -0.323 e. The zero-order valence-corrected chi connectivity index (χ0v) is 8.73. The number of hydrogen-bond acceptors (Lipinski definition) is 3. The van der Waals surface area contributed by atoms with Crippen molar-refractivity contribution in [1.29, 1.82) is 0 Å². The number of nitrogens with two attached hydrogens (primary N) is 1. The van der Waals surface area contributed by atoms with Crippen LogP contribution < -0.4 is 5.73 Å². The van der Waals surface area contributed by atoms with Gasteiger partial charge in [-0.1, -0.05) is 6.42 Å². The molecule has 5 heteroatoms. The second kappa shape index (κ2) is 4.17. The lowest BCUT2D eigenvalue weighted by Crippen LogP contribution is -2.27. The van der Waals surface area contributed by atoms with E-state index in [-0.39, 0.29) is 11.6 Å². The molecule has 2 rings (SSSR count). The number of nitro groups is 1. The highest BCUT2D eigenvalue weighted by atomic mass is 19.1. The lowest BCUT2D eigenvalue weighted by atomic mass is 9.77. The van der Waals surface area contributed by atoms with Crippen molar-refractivity contribution in [2.45, 2.75) is 25.3 Å². The first-order chi connectivity index (χ1) is 7.59. The molecule has 1 aliphatic rings. The Morgan fingerprint density at radius 2 is 2.19 bits per heavy atom. The van der Waals surface area contributed by atoms with Crippen molar-refractivity contribution in [2.24, 2.45) is 11.7 Å². The Balaban J connectivity index is 2.36. The van der Waals surface area contributed by atoms with E-state index in [1.807, 2.05) is 0 Å². The highest BCUT2D eigenvalue weighted by Crippen LogP contribution is 2.39. The van der Waals surface area contributed by atoms with Crippen molar-refractivity contribution in [1.82, 2.24) is 0 Å². The fraction of sp³-hybridized carbons (Fsp3) is 0.455. The summed E-state index contributed by atoms with van der Waals surface area (Å²) in [6.45, 7) is 0. The average Bonchev–Trinajstić information content (AvgIpc) is 2.14. The smallest absolute Gasteiger partial charge is 0.274 e. The third-order valence-electron chi connectivity index (χ3n) is 3.20. The van der Waals surface area contributed by atoms with Gasteiger partial charge >= 0.3 is 0 Å². The largest absolute Gasteiger partial charge is 0.323 e. The molecular formula is C11H13FN2O2. The van der Waals surface area contributed by atoms with Crippen molar-refractivity contribution in [3.63, 3.8) is 0 Å². The maximum absolute atomic E-state index is 13.1. The summed E-state index contributed by atoms with van der Waals surface area (Å²) in [5, 5.41) is 10.8. The Hall–Kier alpha value is -1.49. The van der Waals surface area contributed by atoms with Gasteiger partial charge in [0.25, 0.3) is 5.69 Å². The fourth-order valence-electron chi connectivity index (χ4n) is 2.01. The van der Waals surface area contributed by atoms with Crippen LogP contribution in [0.4, 0.5) is 10.1 Å². The van der Waals surface area contributed by atoms with E-state index < -0.39 is 16.8 Å². The van der Waals surface area contributed by atoms with Crippen LogP contribution >= 0.6 is 0 Å². The molecule has 0 amide bonds. The summed E-state index contributed by atoms with van der Waals surface area (Å²) >= 11 is 0. The molecule has 0 unspecified atom stereocenters. The van der Waals surface area contributed by atoms with Gasteiger partial charge < -0.3 is 5.73 Å². The summed E-state index contributed by atoms with van der Waals surface area (Å²) in [5.41, 5.74) is 6.17. The van der Waals surface area contributed by atoms with Crippen LogP contribution in [0, 0.1) is 21.8 Å². The molecule has 16 heavy (non-hydrogen) atoms. The monoisotopic (exact) mass is 224 g/mol. The molecule has 0 bridgehead atoms. The van der Waals surface area contributed by atoms with E-state index in [0.717, 1.165) is 25.3 Å². The molecule has 1 atom stereocenters. The van der Waals surface area contributed by atoms with Crippen LogP contribution in [-0.4, -0.2) is 4.92 Å². The molecule has 86 valence electrons. The van der Waals surface area contributed by atoms with Crippen LogP contribution in [0.2, 0.25) is 0 Å². The van der Waals surface area contributed by atoms with Gasteiger partial charge in [0.2, 0.25) is 0 Å². The topological polar surface area (TPSA) is 69.2 Å². The van der Waals surface area contributed by atoms with Gasteiger partial charge in [0.15, 0.2) is 0 Å². The van der Waals surface area contributed by atoms with E-state index >= 15 is 0 Å². The Bertz CT molecular complexity index is 418. The average molecular weight is 224 g/mol. The standard InChI is InChI=1S/C11H13FN2O2/c12-8-4-5-10(14(15)16)9(6-8)11(13)7-2-1-3-7/h4-7,11H,1-3,13H2/t11-/m1/s1. The van der Waals surface area contributed by atoms with Crippen LogP contribution in [0.5, 0.6) is 0 Å². The molecule has 0 heterocycles. The number of hydrogen-bond donors (Lipinski definition) is 1. The van der Waals surface area contributed by atoms with Gasteiger partial charge in [0.1, 0.15) is 5.82 Å². The molecule has 0 aromatic heterocycles. The predicted octanol–water partition coefficient (Wildman–Crippen LogP) is 2.53. The Kier molecular flexibility index (Phi) is 2.87. The molecule has 1 aromatic rings. The van der Waals surface area contributed by atoms with Gasteiger partial charge in [-0.25, -0.2) is 4.39 Å². The van der Waals surface area contributed by atoms with Gasteiger partial charge in [0.05, 0.1) is 4.92 Å². The molecule has 4 nitrogen and oxygen atoms in total.